The van der Waals surface area contributed by atoms with E-state index in [4.69, 9.17) is 11.6 Å². The van der Waals surface area contributed by atoms with E-state index in [2.05, 4.69) is 37.4 Å². The van der Waals surface area contributed by atoms with Crippen molar-refractivity contribution >= 4 is 33.2 Å². The minimum Gasteiger partial charge on any atom is -0.350 e. The molecule has 1 amide bonds. The summed E-state index contributed by atoms with van der Waals surface area (Å²) < 4.78 is 28.0. The van der Waals surface area contributed by atoms with Crippen molar-refractivity contribution in [2.75, 3.05) is 10.8 Å². The largest absolute Gasteiger partial charge is 0.350 e. The van der Waals surface area contributed by atoms with Gasteiger partial charge >= 0.3 is 0 Å². The highest BCUT2D eigenvalue weighted by Crippen LogP contribution is 2.28. The second-order valence-corrected chi connectivity index (χ2v) is 10.1. The van der Waals surface area contributed by atoms with E-state index in [9.17, 15) is 13.2 Å². The zero-order valence-corrected chi connectivity index (χ0v) is 20.7. The molecule has 0 unspecified atom stereocenters. The maximum absolute atomic E-state index is 13.4. The quantitative estimate of drug-likeness (QED) is 0.449. The Hall–Kier alpha value is -2.83. The van der Waals surface area contributed by atoms with Crippen LogP contribution in [0.15, 0.2) is 71.6 Å². The Morgan fingerprint density at radius 3 is 2.30 bits per heavy atom. The maximum atomic E-state index is 13.4. The fraction of sp³-hybridized carbons (Fsp3) is 0.269. The molecular weight excluding hydrogens is 456 g/mol. The molecule has 0 aliphatic carbocycles. The number of carbonyl (C=O) groups excluding carboxylic acids is 1. The Balaban J connectivity index is 1.88. The standard InChI is InChI=1S/C26H29ClN2O3S/c1-4-20-12-13-21(5-2)22(15-20)17-28-26(30)18-29(23-14-11-19(3)25(27)16-23)33(31,32)24-9-7-6-8-10-24/h6-16H,4-5,17-18H2,1-3H3,(H,28,30). The van der Waals surface area contributed by atoms with Crippen molar-refractivity contribution in [2.24, 2.45) is 0 Å². The molecule has 0 spiro atoms. The number of halogens is 1. The number of amides is 1. The van der Waals surface area contributed by atoms with Crippen molar-refractivity contribution in [3.63, 3.8) is 0 Å². The molecule has 3 aromatic carbocycles. The molecule has 0 heterocycles. The van der Waals surface area contributed by atoms with Crippen molar-refractivity contribution in [3.8, 4) is 0 Å². The Kier molecular flexibility index (Phi) is 8.16. The minimum atomic E-state index is -3.97. The van der Waals surface area contributed by atoms with E-state index in [0.29, 0.717) is 17.3 Å². The van der Waals surface area contributed by atoms with Gasteiger partial charge in [-0.3, -0.25) is 9.10 Å². The molecule has 0 aromatic heterocycles. The van der Waals surface area contributed by atoms with Crippen LogP contribution < -0.4 is 9.62 Å². The van der Waals surface area contributed by atoms with E-state index in [0.717, 1.165) is 33.8 Å². The van der Waals surface area contributed by atoms with E-state index in [1.165, 1.54) is 17.7 Å². The highest BCUT2D eigenvalue weighted by Gasteiger charge is 2.27. The van der Waals surface area contributed by atoms with Crippen molar-refractivity contribution in [1.82, 2.24) is 5.32 Å². The molecule has 0 saturated carbocycles. The van der Waals surface area contributed by atoms with E-state index in [1.807, 2.05) is 6.92 Å². The predicted molar refractivity (Wildman–Crippen MR) is 134 cm³/mol. The van der Waals surface area contributed by atoms with E-state index >= 15 is 0 Å². The number of benzene rings is 3. The maximum Gasteiger partial charge on any atom is 0.264 e. The van der Waals surface area contributed by atoms with Crippen LogP contribution in [0.3, 0.4) is 0 Å². The van der Waals surface area contributed by atoms with Crippen molar-refractivity contribution < 1.29 is 13.2 Å². The molecule has 3 rings (SSSR count). The molecule has 0 atom stereocenters. The SMILES string of the molecule is CCc1ccc(CC)c(CNC(=O)CN(c2ccc(C)c(Cl)c2)S(=O)(=O)c2ccccc2)c1. The summed E-state index contributed by atoms with van der Waals surface area (Å²) in [6.07, 6.45) is 1.76. The van der Waals surface area contributed by atoms with Crippen LogP contribution in [-0.2, 0) is 34.2 Å². The first-order valence-electron chi connectivity index (χ1n) is 11.0. The Morgan fingerprint density at radius 1 is 0.939 bits per heavy atom. The summed E-state index contributed by atoms with van der Waals surface area (Å²) in [7, 11) is -3.97. The lowest BCUT2D eigenvalue weighted by Gasteiger charge is -2.24. The molecule has 0 saturated heterocycles. The van der Waals surface area contributed by atoms with E-state index < -0.39 is 15.9 Å². The average molecular weight is 485 g/mol. The highest BCUT2D eigenvalue weighted by molar-refractivity contribution is 7.92. The molecule has 5 nitrogen and oxygen atoms in total. The van der Waals surface area contributed by atoms with Gasteiger partial charge in [-0.25, -0.2) is 8.42 Å². The van der Waals surface area contributed by atoms with E-state index in [1.54, 1.807) is 36.4 Å². The molecule has 7 heteroatoms. The lowest BCUT2D eigenvalue weighted by atomic mass is 10.0. The van der Waals surface area contributed by atoms with Gasteiger partial charge in [0, 0.05) is 11.6 Å². The fourth-order valence-electron chi connectivity index (χ4n) is 3.56. The Bertz CT molecular complexity index is 1230. The van der Waals surface area contributed by atoms with Crippen LogP contribution in [-0.4, -0.2) is 20.9 Å². The zero-order valence-electron chi connectivity index (χ0n) is 19.1. The van der Waals surface area contributed by atoms with Crippen molar-refractivity contribution in [3.05, 3.63) is 94.0 Å². The number of aryl methyl sites for hydroxylation is 3. The summed E-state index contributed by atoms with van der Waals surface area (Å²) in [6, 6.07) is 19.3. The van der Waals surface area contributed by atoms with Gasteiger partial charge in [-0.1, -0.05) is 67.9 Å². The third kappa shape index (κ3) is 5.95. The molecule has 174 valence electrons. The number of hydrogen-bond donors (Lipinski definition) is 1. The number of carbonyl (C=O) groups is 1. The lowest BCUT2D eigenvalue weighted by Crippen LogP contribution is -2.40. The molecule has 0 aliphatic heterocycles. The molecule has 0 radical (unpaired) electrons. The van der Waals surface area contributed by atoms with E-state index in [-0.39, 0.29) is 11.4 Å². The second kappa shape index (κ2) is 10.9. The molecular formula is C26H29ClN2O3S. The van der Waals surface area contributed by atoms with Crippen LogP contribution in [0, 0.1) is 6.92 Å². The number of nitrogens with one attached hydrogen (secondary N) is 1. The fourth-order valence-corrected chi connectivity index (χ4v) is 5.17. The van der Waals surface area contributed by atoms with Gasteiger partial charge in [0.05, 0.1) is 10.6 Å². The third-order valence-electron chi connectivity index (χ3n) is 5.60. The first kappa shape index (κ1) is 24.8. The number of nitrogens with zero attached hydrogens (tertiary/aromatic N) is 1. The number of sulfonamides is 1. The summed E-state index contributed by atoms with van der Waals surface area (Å²) in [6.45, 7) is 5.98. The van der Waals surface area contributed by atoms with Gasteiger partial charge in [-0.2, -0.15) is 0 Å². The van der Waals surface area contributed by atoms with Gasteiger partial charge in [0.1, 0.15) is 6.54 Å². The van der Waals surface area contributed by atoms with Gasteiger partial charge < -0.3 is 5.32 Å². The van der Waals surface area contributed by atoms with Crippen molar-refractivity contribution in [1.29, 1.82) is 0 Å². The second-order valence-electron chi connectivity index (χ2n) is 7.85. The monoisotopic (exact) mass is 484 g/mol. The zero-order chi connectivity index (χ0) is 24.0. The molecule has 3 aromatic rings. The summed E-state index contributed by atoms with van der Waals surface area (Å²) in [5, 5.41) is 3.33. The van der Waals surface area contributed by atoms with Crippen LogP contribution in [0.25, 0.3) is 0 Å². The van der Waals surface area contributed by atoms with Crippen LogP contribution >= 0.6 is 11.6 Å². The molecule has 1 N–H and O–H groups in total. The van der Waals surface area contributed by atoms with Crippen LogP contribution in [0.5, 0.6) is 0 Å². The lowest BCUT2D eigenvalue weighted by molar-refractivity contribution is -0.119. The number of anilines is 1. The summed E-state index contributed by atoms with van der Waals surface area (Å²) in [5.41, 5.74) is 4.56. The predicted octanol–water partition coefficient (Wildman–Crippen LogP) is 5.28. The average Bonchev–Trinajstić information content (AvgIpc) is 2.83. The van der Waals surface area contributed by atoms with Gasteiger partial charge in [0.25, 0.3) is 10.0 Å². The first-order valence-corrected chi connectivity index (χ1v) is 12.8. The molecule has 0 aliphatic rings. The van der Waals surface area contributed by atoms with Crippen LogP contribution in [0.4, 0.5) is 5.69 Å². The van der Waals surface area contributed by atoms with Crippen LogP contribution in [0.2, 0.25) is 5.02 Å². The van der Waals surface area contributed by atoms with Gasteiger partial charge in [0.15, 0.2) is 0 Å². The van der Waals surface area contributed by atoms with Gasteiger partial charge in [0.2, 0.25) is 5.91 Å². The van der Waals surface area contributed by atoms with Crippen molar-refractivity contribution in [2.45, 2.75) is 45.1 Å². The summed E-state index contributed by atoms with van der Waals surface area (Å²) in [4.78, 5) is 13.0. The number of hydrogen-bond acceptors (Lipinski definition) is 3. The Labute approximate surface area is 201 Å². The molecule has 33 heavy (non-hydrogen) atoms. The molecule has 0 fully saturated rings. The minimum absolute atomic E-state index is 0.110. The van der Waals surface area contributed by atoms with Crippen LogP contribution in [0.1, 0.15) is 36.1 Å². The molecule has 0 bridgehead atoms. The first-order chi connectivity index (χ1) is 15.8. The number of rotatable bonds is 9. The smallest absolute Gasteiger partial charge is 0.264 e. The third-order valence-corrected chi connectivity index (χ3v) is 7.79. The highest BCUT2D eigenvalue weighted by atomic mass is 35.5. The topological polar surface area (TPSA) is 66.5 Å². The summed E-state index contributed by atoms with van der Waals surface area (Å²) >= 11 is 6.27. The summed E-state index contributed by atoms with van der Waals surface area (Å²) in [5.74, 6) is -0.393. The normalized spacial score (nSPS) is 11.3. The van der Waals surface area contributed by atoms with Gasteiger partial charge in [-0.15, -0.1) is 0 Å². The van der Waals surface area contributed by atoms with Gasteiger partial charge in [-0.05, 0) is 66.3 Å². The Morgan fingerprint density at radius 2 is 1.67 bits per heavy atom.